The molecule has 1 nitrogen and oxygen atoms in total. The molecule has 2 rings (SSSR count). The van der Waals surface area contributed by atoms with Crippen molar-refractivity contribution < 1.29 is 4.79 Å². The maximum Gasteiger partial charge on any atom is 0.163 e. The molecule has 0 spiro atoms. The minimum atomic E-state index is 0.107. The van der Waals surface area contributed by atoms with Gasteiger partial charge in [-0.05, 0) is 43.9 Å². The van der Waals surface area contributed by atoms with Gasteiger partial charge in [0, 0.05) is 5.92 Å². The van der Waals surface area contributed by atoms with Crippen molar-refractivity contribution in [1.29, 1.82) is 0 Å². The summed E-state index contributed by atoms with van der Waals surface area (Å²) in [5.41, 5.74) is 3.67. The van der Waals surface area contributed by atoms with Crippen molar-refractivity contribution in [2.75, 3.05) is 0 Å². The van der Waals surface area contributed by atoms with Crippen LogP contribution in [0.4, 0.5) is 0 Å². The van der Waals surface area contributed by atoms with Crippen LogP contribution in [0.5, 0.6) is 0 Å². The number of allylic oxidation sites excluding steroid dienone is 2. The van der Waals surface area contributed by atoms with Gasteiger partial charge in [0.2, 0.25) is 0 Å². The van der Waals surface area contributed by atoms with Gasteiger partial charge >= 0.3 is 0 Å². The molecular weight excluding hydrogens is 184 g/mol. The Bertz CT molecular complexity index is 411. The van der Waals surface area contributed by atoms with E-state index in [9.17, 15) is 4.79 Å². The molecule has 0 radical (unpaired) electrons. The highest BCUT2D eigenvalue weighted by molar-refractivity contribution is 5.96. The molecule has 1 unspecified atom stereocenters. The number of fused-ring (bicyclic) bond motifs is 1. The van der Waals surface area contributed by atoms with Crippen molar-refractivity contribution in [1.82, 2.24) is 0 Å². The van der Waals surface area contributed by atoms with E-state index >= 15 is 0 Å². The number of benzene rings is 1. The monoisotopic (exact) mass is 200 g/mol. The number of ketones is 1. The van der Waals surface area contributed by atoms with E-state index in [2.05, 4.69) is 12.1 Å². The fraction of sp³-hybridized carbons (Fsp3) is 0.357. The van der Waals surface area contributed by atoms with E-state index in [1.165, 1.54) is 11.1 Å². The van der Waals surface area contributed by atoms with E-state index in [1.54, 1.807) is 6.08 Å². The smallest absolute Gasteiger partial charge is 0.163 e. The Labute approximate surface area is 90.8 Å². The molecule has 0 saturated heterocycles. The van der Waals surface area contributed by atoms with E-state index in [1.807, 2.05) is 26.0 Å². The lowest BCUT2D eigenvalue weighted by Crippen LogP contribution is -2.06. The average Bonchev–Trinajstić information content (AvgIpc) is 2.59. The van der Waals surface area contributed by atoms with Gasteiger partial charge in [-0.3, -0.25) is 4.79 Å². The van der Waals surface area contributed by atoms with Gasteiger partial charge in [-0.15, -0.1) is 0 Å². The van der Waals surface area contributed by atoms with Crippen LogP contribution in [-0.2, 0) is 11.2 Å². The first-order chi connectivity index (χ1) is 7.18. The van der Waals surface area contributed by atoms with Crippen LogP contribution in [0, 0.1) is 0 Å². The van der Waals surface area contributed by atoms with E-state index in [0.29, 0.717) is 0 Å². The molecule has 1 aromatic rings. The van der Waals surface area contributed by atoms with Crippen LogP contribution in [-0.4, -0.2) is 5.78 Å². The summed E-state index contributed by atoms with van der Waals surface area (Å²) >= 11 is 0. The van der Waals surface area contributed by atoms with Crippen molar-refractivity contribution in [3.63, 3.8) is 0 Å². The third-order valence-electron chi connectivity index (χ3n) is 2.91. The van der Waals surface area contributed by atoms with Crippen molar-refractivity contribution in [2.24, 2.45) is 0 Å². The van der Waals surface area contributed by atoms with E-state index in [0.717, 1.165) is 18.4 Å². The van der Waals surface area contributed by atoms with Gasteiger partial charge in [-0.25, -0.2) is 0 Å². The van der Waals surface area contributed by atoms with Crippen LogP contribution < -0.4 is 0 Å². The molecule has 1 aliphatic rings. The molecule has 15 heavy (non-hydrogen) atoms. The Kier molecular flexibility index (Phi) is 2.72. The average molecular weight is 200 g/mol. The van der Waals surface area contributed by atoms with Crippen molar-refractivity contribution in [2.45, 2.75) is 32.6 Å². The van der Waals surface area contributed by atoms with Gasteiger partial charge in [-0.1, -0.05) is 29.8 Å². The predicted octanol–water partition coefficient (Wildman–Crippen LogP) is 3.25. The Balaban J connectivity index is 2.28. The second-order valence-electron chi connectivity index (χ2n) is 4.41. The molecule has 0 bridgehead atoms. The van der Waals surface area contributed by atoms with Gasteiger partial charge < -0.3 is 0 Å². The zero-order valence-corrected chi connectivity index (χ0v) is 9.29. The Hall–Kier alpha value is -1.37. The topological polar surface area (TPSA) is 17.1 Å². The molecule has 0 amide bonds. The molecule has 1 aliphatic carbocycles. The van der Waals surface area contributed by atoms with Crippen LogP contribution in [0.1, 0.15) is 37.3 Å². The van der Waals surface area contributed by atoms with Crippen LogP contribution in [0.25, 0.3) is 0 Å². The predicted molar refractivity (Wildman–Crippen MR) is 61.9 cm³/mol. The first-order valence-corrected chi connectivity index (χ1v) is 5.45. The second-order valence-corrected chi connectivity index (χ2v) is 4.41. The quantitative estimate of drug-likeness (QED) is 0.670. The zero-order chi connectivity index (χ0) is 10.8. The first-order valence-electron chi connectivity index (χ1n) is 5.45. The fourth-order valence-electron chi connectivity index (χ4n) is 2.24. The summed E-state index contributed by atoms with van der Waals surface area (Å²) in [4.78, 5) is 11.9. The van der Waals surface area contributed by atoms with E-state index in [-0.39, 0.29) is 11.7 Å². The maximum atomic E-state index is 11.9. The summed E-state index contributed by atoms with van der Waals surface area (Å²) in [6, 6.07) is 8.29. The minimum Gasteiger partial charge on any atom is -0.294 e. The third-order valence-corrected chi connectivity index (χ3v) is 2.91. The normalized spacial score (nSPS) is 18.4. The molecule has 1 heteroatoms. The standard InChI is InChI=1S/C14H16O/c1-10(2)9-14(15)13-8-7-11-5-3-4-6-12(11)13/h3-6,9,13H,7-8H2,1-2H3. The molecule has 0 saturated carbocycles. The zero-order valence-electron chi connectivity index (χ0n) is 9.29. The highest BCUT2D eigenvalue weighted by Crippen LogP contribution is 2.33. The summed E-state index contributed by atoms with van der Waals surface area (Å²) in [6.45, 7) is 3.94. The Morgan fingerprint density at radius 1 is 1.33 bits per heavy atom. The SMILES string of the molecule is CC(C)=CC(=O)C1CCc2ccccc21. The molecule has 0 aliphatic heterocycles. The summed E-state index contributed by atoms with van der Waals surface area (Å²) in [5, 5.41) is 0. The molecule has 0 heterocycles. The van der Waals surface area contributed by atoms with Gasteiger partial charge in [0.05, 0.1) is 0 Å². The molecule has 1 aromatic carbocycles. The van der Waals surface area contributed by atoms with Crippen molar-refractivity contribution in [3.05, 3.63) is 47.0 Å². The second kappa shape index (κ2) is 4.01. The van der Waals surface area contributed by atoms with E-state index < -0.39 is 0 Å². The number of hydrogen-bond donors (Lipinski definition) is 0. The number of aryl methyl sites for hydroxylation is 1. The van der Waals surface area contributed by atoms with Crippen molar-refractivity contribution >= 4 is 5.78 Å². The summed E-state index contributed by atoms with van der Waals surface area (Å²) in [6.07, 6.45) is 3.79. The molecule has 0 aromatic heterocycles. The van der Waals surface area contributed by atoms with E-state index in [4.69, 9.17) is 0 Å². The van der Waals surface area contributed by atoms with Gasteiger partial charge in [0.1, 0.15) is 0 Å². The van der Waals surface area contributed by atoms with Crippen LogP contribution in [0.15, 0.2) is 35.9 Å². The summed E-state index contributed by atoms with van der Waals surface area (Å²) < 4.78 is 0. The van der Waals surface area contributed by atoms with Gasteiger partial charge in [-0.2, -0.15) is 0 Å². The fourth-order valence-corrected chi connectivity index (χ4v) is 2.24. The lowest BCUT2D eigenvalue weighted by molar-refractivity contribution is -0.116. The van der Waals surface area contributed by atoms with Crippen LogP contribution >= 0.6 is 0 Å². The Morgan fingerprint density at radius 3 is 2.80 bits per heavy atom. The van der Waals surface area contributed by atoms with Gasteiger partial charge in [0.25, 0.3) is 0 Å². The molecule has 0 fully saturated rings. The van der Waals surface area contributed by atoms with Crippen molar-refractivity contribution in [3.8, 4) is 0 Å². The van der Waals surface area contributed by atoms with Crippen LogP contribution in [0.2, 0.25) is 0 Å². The summed E-state index contributed by atoms with van der Waals surface area (Å²) in [7, 11) is 0. The first kappa shape index (κ1) is 10.2. The Morgan fingerprint density at radius 2 is 2.07 bits per heavy atom. The van der Waals surface area contributed by atoms with Gasteiger partial charge in [0.15, 0.2) is 5.78 Å². The summed E-state index contributed by atoms with van der Waals surface area (Å²) in [5.74, 6) is 0.371. The lowest BCUT2D eigenvalue weighted by Gasteiger charge is -2.07. The highest BCUT2D eigenvalue weighted by Gasteiger charge is 2.26. The number of hydrogen-bond acceptors (Lipinski definition) is 1. The molecule has 1 atom stereocenters. The third kappa shape index (κ3) is 2.01. The highest BCUT2D eigenvalue weighted by atomic mass is 16.1. The number of carbonyl (C=O) groups excluding carboxylic acids is 1. The lowest BCUT2D eigenvalue weighted by atomic mass is 9.96. The molecule has 0 N–H and O–H groups in total. The number of rotatable bonds is 2. The number of carbonyl (C=O) groups is 1. The largest absolute Gasteiger partial charge is 0.294 e. The van der Waals surface area contributed by atoms with Crippen LogP contribution in [0.3, 0.4) is 0 Å². The maximum absolute atomic E-state index is 11.9. The molecular formula is C14H16O. The molecule has 78 valence electrons. The minimum absolute atomic E-state index is 0.107.